The second kappa shape index (κ2) is 7.43. The van der Waals surface area contributed by atoms with Crippen LogP contribution in [0, 0.1) is 0 Å². The zero-order chi connectivity index (χ0) is 14.8. The third kappa shape index (κ3) is 4.10. The summed E-state index contributed by atoms with van der Waals surface area (Å²) in [6.07, 6.45) is 0.944. The first-order valence-electron chi connectivity index (χ1n) is 7.72. The van der Waals surface area contributed by atoms with E-state index in [-0.39, 0.29) is 12.4 Å². The second-order valence-corrected chi connectivity index (χ2v) is 8.46. The summed E-state index contributed by atoms with van der Waals surface area (Å²) < 4.78 is 21.3. The maximum atomic E-state index is 12.7. The fraction of sp³-hybridized carbons (Fsp3) is 0.600. The van der Waals surface area contributed by atoms with Crippen LogP contribution < -0.4 is 17.5 Å². The van der Waals surface area contributed by atoms with Gasteiger partial charge in [0, 0.05) is 12.1 Å². The molecule has 7 heteroatoms. The van der Waals surface area contributed by atoms with Crippen LogP contribution >= 0.6 is 7.67 Å². The van der Waals surface area contributed by atoms with Gasteiger partial charge in [0.25, 0.3) is 0 Å². The minimum atomic E-state index is -2.75. The predicted octanol–water partition coefficient (Wildman–Crippen LogP) is -0.929. The lowest BCUT2D eigenvalue weighted by Gasteiger charge is -2.44. The smallest absolute Gasteiger partial charge is 0.343 e. The van der Waals surface area contributed by atoms with E-state index in [1.807, 2.05) is 4.67 Å². The lowest BCUT2D eigenvalue weighted by molar-refractivity contribution is -0.925. The molecule has 0 bridgehead atoms. The van der Waals surface area contributed by atoms with Crippen molar-refractivity contribution in [2.24, 2.45) is 0 Å². The fourth-order valence-electron chi connectivity index (χ4n) is 3.09. The molecule has 1 N–H and O–H groups in total. The van der Waals surface area contributed by atoms with Gasteiger partial charge in [-0.1, -0.05) is 30.3 Å². The Morgan fingerprint density at radius 1 is 1.27 bits per heavy atom. The maximum absolute atomic E-state index is 12.7. The third-order valence-corrected chi connectivity index (χ3v) is 6.77. The highest BCUT2D eigenvalue weighted by Crippen LogP contribution is 2.48. The van der Waals surface area contributed by atoms with E-state index >= 15 is 0 Å². The lowest BCUT2D eigenvalue weighted by Crippen LogP contribution is -3.00. The van der Waals surface area contributed by atoms with E-state index in [2.05, 4.69) is 42.5 Å². The van der Waals surface area contributed by atoms with Crippen LogP contribution in [0.5, 0.6) is 0 Å². The Hall–Kier alpha value is -0.420. The first kappa shape index (κ1) is 17.9. The Labute approximate surface area is 139 Å². The molecule has 0 amide bonds. The quantitative estimate of drug-likeness (QED) is 0.568. The van der Waals surface area contributed by atoms with Crippen molar-refractivity contribution in [2.45, 2.75) is 13.0 Å². The van der Waals surface area contributed by atoms with E-state index in [9.17, 15) is 4.57 Å². The molecule has 0 aliphatic carbocycles. The van der Waals surface area contributed by atoms with Crippen molar-refractivity contribution < 1.29 is 26.0 Å². The molecule has 5 nitrogen and oxygen atoms in total. The van der Waals surface area contributed by atoms with Gasteiger partial charge in [-0.25, -0.2) is 9.76 Å². The zero-order valence-electron chi connectivity index (χ0n) is 13.1. The van der Waals surface area contributed by atoms with E-state index in [1.165, 1.54) is 5.56 Å². The summed E-state index contributed by atoms with van der Waals surface area (Å²) in [6.45, 7) is 6.10. The van der Waals surface area contributed by atoms with Gasteiger partial charge < -0.3 is 21.4 Å². The molecule has 2 aliphatic heterocycles. The van der Waals surface area contributed by atoms with Crippen LogP contribution in [0.3, 0.4) is 0 Å². The van der Waals surface area contributed by atoms with Crippen LogP contribution in [0.15, 0.2) is 30.3 Å². The van der Waals surface area contributed by atoms with E-state index in [0.717, 1.165) is 50.2 Å². The second-order valence-electron chi connectivity index (χ2n) is 6.28. The molecular weight excluding hydrogens is 321 g/mol. The minimum Gasteiger partial charge on any atom is -1.00 e. The summed E-state index contributed by atoms with van der Waals surface area (Å²) in [5.74, 6) is 0. The summed E-state index contributed by atoms with van der Waals surface area (Å²) in [7, 11) is -0.467. The van der Waals surface area contributed by atoms with Crippen molar-refractivity contribution in [3.63, 3.8) is 0 Å². The van der Waals surface area contributed by atoms with Crippen molar-refractivity contribution in [3.05, 3.63) is 35.9 Å². The third-order valence-electron chi connectivity index (χ3n) is 4.47. The zero-order valence-corrected chi connectivity index (χ0v) is 14.7. The molecule has 3 rings (SSSR count). The molecule has 0 spiro atoms. The van der Waals surface area contributed by atoms with Crippen LogP contribution in [0.2, 0.25) is 0 Å². The Bertz CT molecular complexity index is 511. The molecule has 2 heterocycles. The van der Waals surface area contributed by atoms with Crippen molar-refractivity contribution in [2.75, 3.05) is 46.4 Å². The average molecular weight is 346 g/mol. The number of quaternary nitrogens is 1. The number of piperazine rings is 1. The highest BCUT2D eigenvalue weighted by molar-refractivity contribution is 7.54. The Balaban J connectivity index is 0.00000176. The largest absolute Gasteiger partial charge is 1.00 e. The van der Waals surface area contributed by atoms with Crippen molar-refractivity contribution in [1.29, 1.82) is 0 Å². The number of nitrogens with zero attached hydrogens (tertiary/aromatic N) is 2. The number of likely N-dealkylation sites (N-methyl/N-ethyl adjacent to an activating group) is 1. The molecule has 2 fully saturated rings. The monoisotopic (exact) mass is 345 g/mol. The molecule has 0 aromatic heterocycles. The Morgan fingerprint density at radius 3 is 2.55 bits per heavy atom. The van der Waals surface area contributed by atoms with Crippen LogP contribution in [0.1, 0.15) is 12.0 Å². The Morgan fingerprint density at radius 2 is 1.95 bits per heavy atom. The van der Waals surface area contributed by atoms with Crippen LogP contribution in [-0.2, 0) is 15.6 Å². The molecule has 0 saturated carbocycles. The summed E-state index contributed by atoms with van der Waals surface area (Å²) in [6, 6.07) is 10.6. The van der Waals surface area contributed by atoms with Gasteiger partial charge in [-0.3, -0.25) is 4.57 Å². The van der Waals surface area contributed by atoms with Gasteiger partial charge in [-0.2, -0.15) is 0 Å². The number of hydrogen-bond donors (Lipinski definition) is 1. The van der Waals surface area contributed by atoms with Gasteiger partial charge in [0.1, 0.15) is 6.54 Å². The van der Waals surface area contributed by atoms with Crippen LogP contribution in [-0.4, -0.2) is 55.5 Å². The predicted molar refractivity (Wildman–Crippen MR) is 83.8 cm³/mol. The molecule has 2 aliphatic rings. The van der Waals surface area contributed by atoms with Gasteiger partial charge in [0.2, 0.25) is 0 Å². The van der Waals surface area contributed by atoms with E-state index in [0.29, 0.717) is 6.61 Å². The number of nitrogens with one attached hydrogen (secondary N) is 1. The standard InChI is InChI=1S/C15H25N3O2P.ClH/c1-18(14-15-6-3-2-4-7-15)11-9-17(10-12-18)21(19)16-8-5-13-20-21;/h2-4,6-7H,5,8-14H2,1H3,(H,16,19);1H/q+1;/p-1. The molecule has 1 unspecified atom stereocenters. The molecule has 1 aromatic carbocycles. The molecule has 22 heavy (non-hydrogen) atoms. The summed E-state index contributed by atoms with van der Waals surface area (Å²) in [5, 5.41) is 3.09. The first-order chi connectivity index (χ1) is 10.1. The van der Waals surface area contributed by atoms with Gasteiger partial charge in [-0.05, 0) is 6.42 Å². The number of halogens is 1. The minimum absolute atomic E-state index is 0. The summed E-state index contributed by atoms with van der Waals surface area (Å²) in [4.78, 5) is 0. The Kier molecular flexibility index (Phi) is 6.06. The number of benzene rings is 1. The van der Waals surface area contributed by atoms with Gasteiger partial charge in [0.15, 0.2) is 0 Å². The summed E-state index contributed by atoms with van der Waals surface area (Å²) in [5.41, 5.74) is 1.37. The lowest BCUT2D eigenvalue weighted by atomic mass is 10.1. The average Bonchev–Trinajstić information content (AvgIpc) is 2.49. The van der Waals surface area contributed by atoms with E-state index < -0.39 is 7.67 Å². The van der Waals surface area contributed by atoms with Crippen LogP contribution in [0.25, 0.3) is 0 Å². The molecule has 1 aromatic rings. The summed E-state index contributed by atoms with van der Waals surface area (Å²) >= 11 is 0. The van der Waals surface area contributed by atoms with Gasteiger partial charge in [0.05, 0.1) is 39.8 Å². The number of hydrogen-bond acceptors (Lipinski definition) is 2. The molecular formula is C15H25ClN3O2P. The topological polar surface area (TPSA) is 41.6 Å². The first-order valence-corrected chi connectivity index (χ1v) is 9.30. The fourth-order valence-corrected chi connectivity index (χ4v) is 5.07. The molecule has 2 saturated heterocycles. The van der Waals surface area contributed by atoms with Gasteiger partial charge >= 0.3 is 7.67 Å². The number of rotatable bonds is 3. The normalized spacial score (nSPS) is 28.8. The highest BCUT2D eigenvalue weighted by atomic mass is 35.5. The van der Waals surface area contributed by atoms with Crippen molar-refractivity contribution >= 4 is 7.67 Å². The molecule has 1 atom stereocenters. The highest BCUT2D eigenvalue weighted by Gasteiger charge is 2.39. The molecule has 0 radical (unpaired) electrons. The van der Waals surface area contributed by atoms with Gasteiger partial charge in [-0.15, -0.1) is 0 Å². The van der Waals surface area contributed by atoms with Crippen LogP contribution in [0.4, 0.5) is 0 Å². The van der Waals surface area contributed by atoms with Crippen molar-refractivity contribution in [3.8, 4) is 0 Å². The maximum Gasteiger partial charge on any atom is 0.343 e. The van der Waals surface area contributed by atoms with E-state index in [1.54, 1.807) is 0 Å². The van der Waals surface area contributed by atoms with E-state index in [4.69, 9.17) is 4.52 Å². The SMILES string of the molecule is C[N+]1(Cc2ccccc2)CCN(P2(=O)NCCCO2)CC1.[Cl-]. The molecule has 124 valence electrons. The van der Waals surface area contributed by atoms with Crippen molar-refractivity contribution in [1.82, 2.24) is 9.76 Å².